The molecule has 0 unspecified atom stereocenters. The zero-order valence-corrected chi connectivity index (χ0v) is 11.6. The molecule has 1 aromatic rings. The molecular weight excluding hydrogens is 266 g/mol. The fourth-order valence-electron chi connectivity index (χ4n) is 1.83. The van der Waals surface area contributed by atoms with Gasteiger partial charge in [-0.2, -0.15) is 8.42 Å². The van der Waals surface area contributed by atoms with Crippen LogP contribution in [-0.2, 0) is 14.8 Å². The van der Waals surface area contributed by atoms with Crippen LogP contribution in [0.1, 0.15) is 0 Å². The maximum atomic E-state index is 11.8. The van der Waals surface area contributed by atoms with E-state index in [2.05, 4.69) is 9.71 Å². The number of ether oxygens (including phenoxy) is 1. The monoisotopic (exact) mass is 283 g/mol. The molecule has 1 N–H and O–H groups in total. The van der Waals surface area contributed by atoms with Crippen molar-refractivity contribution >= 4 is 22.0 Å². The smallest absolute Gasteiger partial charge is 0.285 e. The number of benzene rings is 1. The Morgan fingerprint density at radius 2 is 2.11 bits per heavy atom. The lowest BCUT2D eigenvalue weighted by molar-refractivity contribution is 0.200. The second-order valence-electron chi connectivity index (χ2n) is 4.10. The number of nitrogens with zero attached hydrogens (tertiary/aromatic N) is 2. The maximum Gasteiger partial charge on any atom is 0.285 e. The van der Waals surface area contributed by atoms with Crippen molar-refractivity contribution in [3.05, 3.63) is 24.3 Å². The predicted molar refractivity (Wildman–Crippen MR) is 74.2 cm³/mol. The van der Waals surface area contributed by atoms with Crippen molar-refractivity contribution in [3.63, 3.8) is 0 Å². The number of anilines is 1. The molecule has 0 aromatic heterocycles. The summed E-state index contributed by atoms with van der Waals surface area (Å²) in [6.07, 6.45) is 1.37. The average Bonchev–Trinajstić information content (AvgIpc) is 2.41. The van der Waals surface area contributed by atoms with Crippen molar-refractivity contribution in [1.82, 2.24) is 5.32 Å². The predicted octanol–water partition coefficient (Wildman–Crippen LogP) is 0.460. The van der Waals surface area contributed by atoms with E-state index >= 15 is 0 Å². The molecule has 0 saturated heterocycles. The van der Waals surface area contributed by atoms with Gasteiger partial charge in [0.25, 0.3) is 10.0 Å². The van der Waals surface area contributed by atoms with E-state index in [1.807, 2.05) is 11.0 Å². The molecule has 0 aliphatic carbocycles. The minimum atomic E-state index is -3.53. The SMILES string of the molecule is COCCNCCN1C=NS(=O)(=O)c2ccccc21. The number of sulfonamides is 1. The molecule has 0 bridgehead atoms. The number of fused-ring (bicyclic) bond motifs is 1. The molecule has 0 saturated carbocycles. The van der Waals surface area contributed by atoms with Gasteiger partial charge in [-0.3, -0.25) is 0 Å². The summed E-state index contributed by atoms with van der Waals surface area (Å²) in [5.41, 5.74) is 0.672. The molecule has 19 heavy (non-hydrogen) atoms. The minimum absolute atomic E-state index is 0.259. The standard InChI is InChI=1S/C12H17N3O3S/c1-18-9-7-13-6-8-15-10-14-19(16,17)12-5-3-2-4-11(12)15/h2-5,10,13H,6-9H2,1H3. The van der Waals surface area contributed by atoms with Crippen molar-refractivity contribution in [2.75, 3.05) is 38.3 Å². The zero-order valence-electron chi connectivity index (χ0n) is 10.7. The van der Waals surface area contributed by atoms with Gasteiger partial charge >= 0.3 is 0 Å². The van der Waals surface area contributed by atoms with E-state index in [4.69, 9.17) is 4.74 Å². The lowest BCUT2D eigenvalue weighted by atomic mass is 10.3. The fourth-order valence-corrected chi connectivity index (χ4v) is 2.88. The fraction of sp³-hybridized carbons (Fsp3) is 0.417. The molecule has 1 aromatic carbocycles. The lowest BCUT2D eigenvalue weighted by Crippen LogP contribution is -2.35. The van der Waals surface area contributed by atoms with Crippen LogP contribution in [0.15, 0.2) is 33.6 Å². The molecule has 0 atom stereocenters. The first kappa shape index (κ1) is 14.0. The van der Waals surface area contributed by atoms with Gasteiger partial charge < -0.3 is 15.0 Å². The van der Waals surface area contributed by atoms with Crippen LogP contribution in [0, 0.1) is 0 Å². The first-order valence-corrected chi connectivity index (χ1v) is 7.45. The van der Waals surface area contributed by atoms with Crippen LogP contribution in [-0.4, -0.2) is 48.1 Å². The van der Waals surface area contributed by atoms with E-state index in [9.17, 15) is 8.42 Å². The molecular formula is C12H17N3O3S. The first-order chi connectivity index (χ1) is 9.15. The third kappa shape index (κ3) is 3.31. The Kier molecular flexibility index (Phi) is 4.52. The summed E-state index contributed by atoms with van der Waals surface area (Å²) in [6.45, 7) is 2.80. The third-order valence-corrected chi connectivity index (χ3v) is 4.06. The van der Waals surface area contributed by atoms with Crippen LogP contribution in [0.4, 0.5) is 5.69 Å². The lowest BCUT2D eigenvalue weighted by Gasteiger charge is -2.25. The highest BCUT2D eigenvalue weighted by atomic mass is 32.2. The van der Waals surface area contributed by atoms with E-state index in [0.717, 1.165) is 13.1 Å². The van der Waals surface area contributed by atoms with Gasteiger partial charge in [0, 0.05) is 26.7 Å². The van der Waals surface area contributed by atoms with Gasteiger partial charge in [0.15, 0.2) is 0 Å². The molecule has 0 fully saturated rings. The van der Waals surface area contributed by atoms with E-state index in [0.29, 0.717) is 18.8 Å². The van der Waals surface area contributed by atoms with E-state index in [1.54, 1.807) is 25.3 Å². The Morgan fingerprint density at radius 3 is 2.89 bits per heavy atom. The van der Waals surface area contributed by atoms with Crippen molar-refractivity contribution in [3.8, 4) is 0 Å². The summed E-state index contributed by atoms with van der Waals surface area (Å²) >= 11 is 0. The quantitative estimate of drug-likeness (QED) is 0.768. The third-order valence-electron chi connectivity index (χ3n) is 2.79. The number of para-hydroxylation sites is 1. The number of methoxy groups -OCH3 is 1. The van der Waals surface area contributed by atoms with E-state index in [-0.39, 0.29) is 4.90 Å². The Bertz CT molecular complexity index is 557. The van der Waals surface area contributed by atoms with Crippen molar-refractivity contribution in [2.45, 2.75) is 4.90 Å². The normalized spacial score (nSPS) is 16.4. The van der Waals surface area contributed by atoms with E-state index in [1.165, 1.54) is 6.34 Å². The minimum Gasteiger partial charge on any atom is -0.383 e. The first-order valence-electron chi connectivity index (χ1n) is 6.01. The Hall–Kier alpha value is -1.44. The highest BCUT2D eigenvalue weighted by molar-refractivity contribution is 7.90. The van der Waals surface area contributed by atoms with Crippen molar-refractivity contribution in [2.24, 2.45) is 4.40 Å². The van der Waals surface area contributed by atoms with Gasteiger partial charge in [0.05, 0.1) is 12.3 Å². The van der Waals surface area contributed by atoms with Crippen LogP contribution in [0.5, 0.6) is 0 Å². The molecule has 0 spiro atoms. The zero-order chi connectivity index (χ0) is 13.7. The number of nitrogens with one attached hydrogen (secondary N) is 1. The van der Waals surface area contributed by atoms with Crippen LogP contribution in [0.2, 0.25) is 0 Å². The molecule has 1 aliphatic heterocycles. The maximum absolute atomic E-state index is 11.8. The van der Waals surface area contributed by atoms with Crippen LogP contribution in [0.25, 0.3) is 0 Å². The van der Waals surface area contributed by atoms with Gasteiger partial charge in [0.2, 0.25) is 0 Å². The average molecular weight is 283 g/mol. The molecule has 6 nitrogen and oxygen atoms in total. The Balaban J connectivity index is 2.04. The summed E-state index contributed by atoms with van der Waals surface area (Å²) in [7, 11) is -1.87. The number of hydrogen-bond acceptors (Lipinski definition) is 5. The van der Waals surface area contributed by atoms with Gasteiger partial charge in [-0.15, -0.1) is 4.40 Å². The summed E-state index contributed by atoms with van der Waals surface area (Å²) in [5.74, 6) is 0. The number of rotatable bonds is 6. The van der Waals surface area contributed by atoms with Crippen LogP contribution >= 0.6 is 0 Å². The number of hydrogen-bond donors (Lipinski definition) is 1. The molecule has 0 amide bonds. The Morgan fingerprint density at radius 1 is 1.32 bits per heavy atom. The molecule has 1 heterocycles. The molecule has 1 aliphatic rings. The summed E-state index contributed by atoms with van der Waals surface area (Å²) in [4.78, 5) is 2.09. The second-order valence-corrected chi connectivity index (χ2v) is 5.70. The Labute approximate surface area is 113 Å². The molecule has 104 valence electrons. The summed E-state index contributed by atoms with van der Waals surface area (Å²) < 4.78 is 32.1. The highest BCUT2D eigenvalue weighted by Crippen LogP contribution is 2.28. The molecule has 7 heteroatoms. The van der Waals surface area contributed by atoms with Gasteiger partial charge in [-0.05, 0) is 12.1 Å². The molecule has 0 radical (unpaired) electrons. The largest absolute Gasteiger partial charge is 0.383 e. The van der Waals surface area contributed by atoms with Crippen LogP contribution in [0.3, 0.4) is 0 Å². The summed E-state index contributed by atoms with van der Waals surface area (Å²) in [5, 5.41) is 3.21. The van der Waals surface area contributed by atoms with E-state index < -0.39 is 10.0 Å². The van der Waals surface area contributed by atoms with Crippen LogP contribution < -0.4 is 10.2 Å². The highest BCUT2D eigenvalue weighted by Gasteiger charge is 2.24. The van der Waals surface area contributed by atoms with Gasteiger partial charge in [0.1, 0.15) is 11.2 Å². The van der Waals surface area contributed by atoms with Crippen molar-refractivity contribution in [1.29, 1.82) is 0 Å². The second kappa shape index (κ2) is 6.14. The van der Waals surface area contributed by atoms with Gasteiger partial charge in [-0.25, -0.2) is 0 Å². The van der Waals surface area contributed by atoms with Gasteiger partial charge in [-0.1, -0.05) is 12.1 Å². The van der Waals surface area contributed by atoms with Crippen molar-refractivity contribution < 1.29 is 13.2 Å². The molecule has 2 rings (SSSR count). The summed E-state index contributed by atoms with van der Waals surface area (Å²) in [6, 6.07) is 6.88. The topological polar surface area (TPSA) is 71.0 Å².